The number of aliphatic hydroxyl groups excluding tert-OH is 1. The van der Waals surface area contributed by atoms with Gasteiger partial charge in [0, 0.05) is 6.54 Å². The minimum absolute atomic E-state index is 0.280. The van der Waals surface area contributed by atoms with Gasteiger partial charge in [0.15, 0.2) is 0 Å². The van der Waals surface area contributed by atoms with Gasteiger partial charge in [0.25, 0.3) is 0 Å². The first-order chi connectivity index (χ1) is 9.26. The molecule has 0 aliphatic heterocycles. The molecule has 19 heavy (non-hydrogen) atoms. The molecule has 4 nitrogen and oxygen atoms in total. The number of rotatable bonds is 5. The number of carbonyl (C=O) groups is 1. The first kappa shape index (κ1) is 13.5. The molecule has 0 radical (unpaired) electrons. The van der Waals surface area contributed by atoms with Crippen molar-refractivity contribution in [2.75, 3.05) is 13.7 Å². The van der Waals surface area contributed by atoms with Crippen LogP contribution in [0.15, 0.2) is 42.5 Å². The van der Waals surface area contributed by atoms with E-state index in [9.17, 15) is 4.79 Å². The average Bonchev–Trinajstić information content (AvgIpc) is 2.47. The molecule has 0 spiro atoms. The zero-order valence-electron chi connectivity index (χ0n) is 10.8. The first-order valence-corrected chi connectivity index (χ1v) is 6.15. The van der Waals surface area contributed by atoms with Gasteiger partial charge in [-0.15, -0.1) is 0 Å². The largest absolute Gasteiger partial charge is 0.468 e. The number of ether oxygens (including phenoxy) is 1. The van der Waals surface area contributed by atoms with Crippen LogP contribution in [-0.2, 0) is 16.1 Å². The molecular weight excluding hydrogens is 242 g/mol. The number of nitrogens with one attached hydrogen (secondary N) is 1. The summed E-state index contributed by atoms with van der Waals surface area (Å²) >= 11 is 0. The van der Waals surface area contributed by atoms with Crippen molar-refractivity contribution in [3.05, 3.63) is 48.0 Å². The van der Waals surface area contributed by atoms with Gasteiger partial charge in [0.2, 0.25) is 0 Å². The molecule has 2 N–H and O–H groups in total. The van der Waals surface area contributed by atoms with Gasteiger partial charge in [-0.05, 0) is 16.3 Å². The van der Waals surface area contributed by atoms with Gasteiger partial charge in [-0.25, -0.2) is 0 Å². The molecule has 0 aliphatic rings. The van der Waals surface area contributed by atoms with Crippen molar-refractivity contribution >= 4 is 16.7 Å². The van der Waals surface area contributed by atoms with E-state index in [4.69, 9.17) is 5.11 Å². The molecule has 0 saturated heterocycles. The fourth-order valence-electron chi connectivity index (χ4n) is 2.04. The maximum absolute atomic E-state index is 11.4. The molecule has 100 valence electrons. The van der Waals surface area contributed by atoms with Crippen molar-refractivity contribution in [3.8, 4) is 0 Å². The van der Waals surface area contributed by atoms with Crippen LogP contribution in [0.2, 0.25) is 0 Å². The molecule has 2 aromatic carbocycles. The lowest BCUT2D eigenvalue weighted by atomic mass is 10.0. The lowest BCUT2D eigenvalue weighted by molar-refractivity contribution is -0.144. The van der Waals surface area contributed by atoms with Crippen molar-refractivity contribution in [2.45, 2.75) is 12.6 Å². The zero-order valence-corrected chi connectivity index (χ0v) is 10.8. The van der Waals surface area contributed by atoms with Crippen molar-refractivity contribution in [2.24, 2.45) is 0 Å². The minimum atomic E-state index is -0.691. The quantitative estimate of drug-likeness (QED) is 0.798. The SMILES string of the molecule is COC(=O)C(CO)NCc1cccc2ccccc12. The molecule has 0 bridgehead atoms. The number of carbonyl (C=O) groups excluding carboxylic acids is 1. The van der Waals surface area contributed by atoms with E-state index in [1.807, 2.05) is 42.5 Å². The van der Waals surface area contributed by atoms with Crippen molar-refractivity contribution in [1.29, 1.82) is 0 Å². The van der Waals surface area contributed by atoms with Crippen molar-refractivity contribution in [3.63, 3.8) is 0 Å². The summed E-state index contributed by atoms with van der Waals surface area (Å²) in [6.45, 7) is 0.221. The van der Waals surface area contributed by atoms with Gasteiger partial charge in [-0.1, -0.05) is 42.5 Å². The fourth-order valence-corrected chi connectivity index (χ4v) is 2.04. The van der Waals surface area contributed by atoms with Crippen LogP contribution in [0, 0.1) is 0 Å². The Kier molecular flexibility index (Phi) is 4.49. The minimum Gasteiger partial charge on any atom is -0.468 e. The number of esters is 1. The summed E-state index contributed by atoms with van der Waals surface area (Å²) in [4.78, 5) is 11.4. The van der Waals surface area contributed by atoms with Crippen LogP contribution in [-0.4, -0.2) is 30.8 Å². The molecule has 0 heterocycles. The Morgan fingerprint density at radius 1 is 1.26 bits per heavy atom. The predicted molar refractivity (Wildman–Crippen MR) is 73.7 cm³/mol. The maximum atomic E-state index is 11.4. The third-order valence-corrected chi connectivity index (χ3v) is 3.09. The number of methoxy groups -OCH3 is 1. The Morgan fingerprint density at radius 3 is 2.74 bits per heavy atom. The van der Waals surface area contributed by atoms with Gasteiger partial charge in [0.05, 0.1) is 13.7 Å². The highest BCUT2D eigenvalue weighted by molar-refractivity contribution is 5.85. The number of benzene rings is 2. The summed E-state index contributed by atoms with van der Waals surface area (Å²) in [5.41, 5.74) is 1.08. The standard InChI is InChI=1S/C15H17NO3/c1-19-15(18)14(10-17)16-9-12-7-4-6-11-5-2-3-8-13(11)12/h2-8,14,16-17H,9-10H2,1H3. The summed E-state index contributed by atoms with van der Waals surface area (Å²) < 4.78 is 4.62. The van der Waals surface area contributed by atoms with E-state index in [-0.39, 0.29) is 6.61 Å². The smallest absolute Gasteiger partial charge is 0.325 e. The summed E-state index contributed by atoms with van der Waals surface area (Å²) in [5.74, 6) is -0.456. The Bertz CT molecular complexity index is 563. The molecule has 0 aliphatic carbocycles. The molecule has 4 heteroatoms. The lowest BCUT2D eigenvalue weighted by Gasteiger charge is -2.14. The van der Waals surface area contributed by atoms with E-state index in [1.165, 1.54) is 7.11 Å². The average molecular weight is 259 g/mol. The molecule has 0 amide bonds. The van der Waals surface area contributed by atoms with Crippen LogP contribution >= 0.6 is 0 Å². The maximum Gasteiger partial charge on any atom is 0.325 e. The topological polar surface area (TPSA) is 58.6 Å². The summed E-state index contributed by atoms with van der Waals surface area (Å²) in [5, 5.41) is 14.5. The third kappa shape index (κ3) is 3.10. The van der Waals surface area contributed by atoms with Gasteiger partial charge >= 0.3 is 5.97 Å². The molecule has 1 unspecified atom stereocenters. The van der Waals surface area contributed by atoms with E-state index in [1.54, 1.807) is 0 Å². The van der Waals surface area contributed by atoms with E-state index >= 15 is 0 Å². The number of fused-ring (bicyclic) bond motifs is 1. The molecule has 2 rings (SSSR count). The molecule has 0 aromatic heterocycles. The van der Waals surface area contributed by atoms with Crippen LogP contribution in [0.3, 0.4) is 0 Å². The highest BCUT2D eigenvalue weighted by atomic mass is 16.5. The summed E-state index contributed by atoms with van der Waals surface area (Å²) in [7, 11) is 1.31. The van der Waals surface area contributed by atoms with Gasteiger partial charge in [-0.3, -0.25) is 10.1 Å². The highest BCUT2D eigenvalue weighted by Gasteiger charge is 2.17. The molecule has 0 saturated carbocycles. The Balaban J connectivity index is 2.15. The van der Waals surface area contributed by atoms with E-state index in [0.717, 1.165) is 16.3 Å². The second kappa shape index (κ2) is 6.31. The van der Waals surface area contributed by atoms with Crippen LogP contribution in [0.25, 0.3) is 10.8 Å². The molecule has 0 fully saturated rings. The van der Waals surface area contributed by atoms with E-state index < -0.39 is 12.0 Å². The molecule has 2 aromatic rings. The van der Waals surface area contributed by atoms with Gasteiger partial charge in [0.1, 0.15) is 6.04 Å². The summed E-state index contributed by atoms with van der Waals surface area (Å²) in [6.07, 6.45) is 0. The fraction of sp³-hybridized carbons (Fsp3) is 0.267. The van der Waals surface area contributed by atoms with E-state index in [0.29, 0.717) is 6.54 Å². The number of aliphatic hydroxyl groups is 1. The molecule has 1 atom stereocenters. The third-order valence-electron chi connectivity index (χ3n) is 3.09. The number of hydrogen-bond donors (Lipinski definition) is 2. The van der Waals surface area contributed by atoms with Crippen molar-refractivity contribution in [1.82, 2.24) is 5.32 Å². The Labute approximate surface area is 112 Å². The predicted octanol–water partition coefficient (Wildman–Crippen LogP) is 1.46. The van der Waals surface area contributed by atoms with Crippen molar-refractivity contribution < 1.29 is 14.6 Å². The Morgan fingerprint density at radius 2 is 2.00 bits per heavy atom. The van der Waals surface area contributed by atoms with E-state index in [2.05, 4.69) is 10.1 Å². The van der Waals surface area contributed by atoms with Crippen LogP contribution in [0.5, 0.6) is 0 Å². The van der Waals surface area contributed by atoms with Crippen LogP contribution in [0.4, 0.5) is 0 Å². The Hall–Kier alpha value is -1.91. The van der Waals surface area contributed by atoms with Gasteiger partial charge in [-0.2, -0.15) is 0 Å². The monoisotopic (exact) mass is 259 g/mol. The highest BCUT2D eigenvalue weighted by Crippen LogP contribution is 2.18. The first-order valence-electron chi connectivity index (χ1n) is 6.15. The summed E-state index contributed by atoms with van der Waals surface area (Å²) in [6, 6.07) is 13.4. The van der Waals surface area contributed by atoms with Gasteiger partial charge < -0.3 is 9.84 Å². The second-order valence-electron chi connectivity index (χ2n) is 4.28. The molecular formula is C15H17NO3. The lowest BCUT2D eigenvalue weighted by Crippen LogP contribution is -2.40. The van der Waals surface area contributed by atoms with Crippen LogP contribution < -0.4 is 5.32 Å². The number of hydrogen-bond acceptors (Lipinski definition) is 4. The second-order valence-corrected chi connectivity index (χ2v) is 4.28. The zero-order chi connectivity index (χ0) is 13.7. The normalized spacial score (nSPS) is 12.3. The van der Waals surface area contributed by atoms with Crippen LogP contribution in [0.1, 0.15) is 5.56 Å².